The van der Waals surface area contributed by atoms with Gasteiger partial charge in [0.1, 0.15) is 5.82 Å². The second kappa shape index (κ2) is 4.31. The minimum absolute atomic E-state index is 0.697. The number of anilines is 1. The van der Waals surface area contributed by atoms with Crippen LogP contribution in [0, 0.1) is 13.8 Å². The summed E-state index contributed by atoms with van der Waals surface area (Å²) in [6.45, 7) is 3.89. The highest BCUT2D eigenvalue weighted by molar-refractivity contribution is 9.10. The lowest BCUT2D eigenvalue weighted by Crippen LogP contribution is -1.99. The van der Waals surface area contributed by atoms with Crippen LogP contribution in [0.2, 0.25) is 0 Å². The first-order valence-electron chi connectivity index (χ1n) is 5.81. The third-order valence-corrected chi connectivity index (χ3v) is 3.63. The average molecular weight is 318 g/mol. The Morgan fingerprint density at radius 3 is 2.68 bits per heavy atom. The van der Waals surface area contributed by atoms with Gasteiger partial charge in [0.15, 0.2) is 11.5 Å². The van der Waals surface area contributed by atoms with E-state index in [1.54, 1.807) is 0 Å². The zero-order chi connectivity index (χ0) is 13.6. The molecule has 0 aliphatic carbocycles. The first-order chi connectivity index (χ1) is 9.06. The van der Waals surface area contributed by atoms with Crippen LogP contribution in [-0.2, 0) is 0 Å². The van der Waals surface area contributed by atoms with Gasteiger partial charge in [0.2, 0.25) is 0 Å². The first kappa shape index (κ1) is 12.1. The number of nitrogens with two attached hydrogens (primary N) is 1. The molecule has 0 atom stereocenters. The SMILES string of the molecule is Cc1cc2nnc(-c3ccc(N)c(Br)c3)n2c(C)n1. The van der Waals surface area contributed by atoms with Crippen LogP contribution in [0.15, 0.2) is 28.7 Å². The summed E-state index contributed by atoms with van der Waals surface area (Å²) in [6, 6.07) is 7.62. The number of fused-ring (bicyclic) bond motifs is 1. The van der Waals surface area contributed by atoms with Crippen LogP contribution in [-0.4, -0.2) is 19.6 Å². The molecule has 2 aromatic heterocycles. The van der Waals surface area contributed by atoms with E-state index in [4.69, 9.17) is 5.73 Å². The van der Waals surface area contributed by atoms with E-state index in [1.807, 2.05) is 42.5 Å². The lowest BCUT2D eigenvalue weighted by molar-refractivity contribution is 0.962. The summed E-state index contributed by atoms with van der Waals surface area (Å²) >= 11 is 3.43. The predicted octanol–water partition coefficient (Wildman–Crippen LogP) is 2.75. The Morgan fingerprint density at radius 2 is 1.95 bits per heavy atom. The molecule has 0 aliphatic rings. The number of aromatic nitrogens is 4. The van der Waals surface area contributed by atoms with Crippen LogP contribution >= 0.6 is 15.9 Å². The standard InChI is InChI=1S/C13H12BrN5/c1-7-5-12-17-18-13(19(12)8(2)16-7)9-3-4-11(15)10(14)6-9/h3-6H,15H2,1-2H3. The van der Waals surface area contributed by atoms with Gasteiger partial charge in [-0.15, -0.1) is 10.2 Å². The summed E-state index contributed by atoms with van der Waals surface area (Å²) in [4.78, 5) is 4.45. The average Bonchev–Trinajstić information content (AvgIpc) is 2.76. The van der Waals surface area contributed by atoms with E-state index in [2.05, 4.69) is 31.1 Å². The first-order valence-corrected chi connectivity index (χ1v) is 6.60. The molecule has 96 valence electrons. The molecular weight excluding hydrogens is 306 g/mol. The maximum Gasteiger partial charge on any atom is 0.169 e. The van der Waals surface area contributed by atoms with Crippen molar-refractivity contribution in [2.45, 2.75) is 13.8 Å². The van der Waals surface area contributed by atoms with Gasteiger partial charge in [-0.25, -0.2) is 4.98 Å². The number of aryl methyl sites for hydroxylation is 2. The smallest absolute Gasteiger partial charge is 0.169 e. The van der Waals surface area contributed by atoms with Gasteiger partial charge in [-0.3, -0.25) is 4.40 Å². The zero-order valence-electron chi connectivity index (χ0n) is 10.6. The monoisotopic (exact) mass is 317 g/mol. The number of benzene rings is 1. The Labute approximate surface area is 118 Å². The third kappa shape index (κ3) is 1.98. The second-order valence-corrected chi connectivity index (χ2v) is 5.25. The van der Waals surface area contributed by atoms with E-state index in [1.165, 1.54) is 0 Å². The highest BCUT2D eigenvalue weighted by Gasteiger charge is 2.12. The number of hydrogen-bond acceptors (Lipinski definition) is 4. The molecule has 6 heteroatoms. The molecule has 0 fully saturated rings. The summed E-state index contributed by atoms with van der Waals surface area (Å²) in [5.74, 6) is 1.63. The molecule has 0 unspecified atom stereocenters. The fraction of sp³-hybridized carbons (Fsp3) is 0.154. The van der Waals surface area contributed by atoms with E-state index < -0.39 is 0 Å². The van der Waals surface area contributed by atoms with Gasteiger partial charge < -0.3 is 5.73 Å². The van der Waals surface area contributed by atoms with Gasteiger partial charge in [-0.05, 0) is 48.0 Å². The minimum Gasteiger partial charge on any atom is -0.398 e. The molecule has 2 heterocycles. The summed E-state index contributed by atoms with van der Waals surface area (Å²) in [7, 11) is 0. The zero-order valence-corrected chi connectivity index (χ0v) is 12.1. The van der Waals surface area contributed by atoms with E-state index in [0.717, 1.165) is 33.0 Å². The van der Waals surface area contributed by atoms with Crippen LogP contribution in [0.25, 0.3) is 17.0 Å². The number of rotatable bonds is 1. The number of hydrogen-bond donors (Lipinski definition) is 1. The van der Waals surface area contributed by atoms with Gasteiger partial charge in [0, 0.05) is 27.5 Å². The molecule has 0 saturated carbocycles. The van der Waals surface area contributed by atoms with Gasteiger partial charge in [-0.2, -0.15) is 0 Å². The molecule has 0 spiro atoms. The van der Waals surface area contributed by atoms with E-state index >= 15 is 0 Å². The van der Waals surface area contributed by atoms with Crippen LogP contribution in [0.3, 0.4) is 0 Å². The van der Waals surface area contributed by atoms with E-state index in [9.17, 15) is 0 Å². The molecule has 0 saturated heterocycles. The van der Waals surface area contributed by atoms with Crippen molar-refractivity contribution < 1.29 is 0 Å². The molecule has 19 heavy (non-hydrogen) atoms. The van der Waals surface area contributed by atoms with Crippen molar-refractivity contribution in [3.63, 3.8) is 0 Å². The summed E-state index contributed by atoms with van der Waals surface area (Å²) in [5, 5.41) is 8.44. The molecule has 5 nitrogen and oxygen atoms in total. The second-order valence-electron chi connectivity index (χ2n) is 4.40. The molecular formula is C13H12BrN5. The maximum atomic E-state index is 5.80. The molecule has 2 N–H and O–H groups in total. The molecule has 3 aromatic rings. The van der Waals surface area contributed by atoms with Crippen molar-refractivity contribution in [1.29, 1.82) is 0 Å². The largest absolute Gasteiger partial charge is 0.398 e. The quantitative estimate of drug-likeness (QED) is 0.701. The number of nitrogens with zero attached hydrogens (tertiary/aromatic N) is 4. The van der Waals surface area contributed by atoms with Gasteiger partial charge in [0.25, 0.3) is 0 Å². The fourth-order valence-electron chi connectivity index (χ4n) is 2.09. The minimum atomic E-state index is 0.697. The van der Waals surface area contributed by atoms with Crippen molar-refractivity contribution in [3.05, 3.63) is 40.3 Å². The Morgan fingerprint density at radius 1 is 1.16 bits per heavy atom. The molecule has 0 aliphatic heterocycles. The van der Waals surface area contributed by atoms with Crippen molar-refractivity contribution in [3.8, 4) is 11.4 Å². The topological polar surface area (TPSA) is 69.1 Å². The van der Waals surface area contributed by atoms with Crippen molar-refractivity contribution in [2.24, 2.45) is 0 Å². The Hall–Kier alpha value is -1.95. The van der Waals surface area contributed by atoms with E-state index in [-0.39, 0.29) is 0 Å². The van der Waals surface area contributed by atoms with Crippen molar-refractivity contribution in [2.75, 3.05) is 5.73 Å². The Bertz CT molecular complexity index is 778. The number of halogens is 1. The summed E-state index contributed by atoms with van der Waals surface area (Å²) in [6.07, 6.45) is 0. The van der Waals surface area contributed by atoms with Gasteiger partial charge in [0.05, 0.1) is 0 Å². The fourth-order valence-corrected chi connectivity index (χ4v) is 2.47. The van der Waals surface area contributed by atoms with Crippen molar-refractivity contribution in [1.82, 2.24) is 19.6 Å². The lowest BCUT2D eigenvalue weighted by atomic mass is 10.2. The van der Waals surface area contributed by atoms with Crippen LogP contribution in [0.5, 0.6) is 0 Å². The summed E-state index contributed by atoms with van der Waals surface area (Å²) < 4.78 is 2.78. The predicted molar refractivity (Wildman–Crippen MR) is 77.8 cm³/mol. The van der Waals surface area contributed by atoms with Crippen LogP contribution in [0.4, 0.5) is 5.69 Å². The van der Waals surface area contributed by atoms with Gasteiger partial charge >= 0.3 is 0 Å². The van der Waals surface area contributed by atoms with E-state index in [0.29, 0.717) is 5.69 Å². The lowest BCUT2D eigenvalue weighted by Gasteiger charge is -2.05. The Kier molecular flexibility index (Phi) is 2.74. The molecule has 0 bridgehead atoms. The number of nitrogen functional groups attached to an aromatic ring is 1. The summed E-state index contributed by atoms with van der Waals surface area (Å²) in [5.41, 5.74) is 9.18. The third-order valence-electron chi connectivity index (χ3n) is 2.95. The maximum absolute atomic E-state index is 5.80. The normalized spacial score (nSPS) is 11.1. The van der Waals surface area contributed by atoms with Crippen molar-refractivity contribution >= 4 is 27.3 Å². The molecule has 0 radical (unpaired) electrons. The highest BCUT2D eigenvalue weighted by Crippen LogP contribution is 2.27. The van der Waals surface area contributed by atoms with Crippen LogP contribution in [0.1, 0.15) is 11.5 Å². The molecule has 0 amide bonds. The van der Waals surface area contributed by atoms with Crippen LogP contribution < -0.4 is 5.73 Å². The highest BCUT2D eigenvalue weighted by atomic mass is 79.9. The van der Waals surface area contributed by atoms with Gasteiger partial charge in [-0.1, -0.05) is 0 Å². The Balaban J connectivity index is 2.28. The molecule has 1 aromatic carbocycles. The molecule has 3 rings (SSSR count).